The molecule has 0 aliphatic heterocycles. The van der Waals surface area contributed by atoms with Crippen LogP contribution < -0.4 is 5.32 Å². The second-order valence-corrected chi connectivity index (χ2v) is 5.20. The lowest BCUT2D eigenvalue weighted by molar-refractivity contribution is 0.301. The third-order valence-corrected chi connectivity index (χ3v) is 3.66. The molecule has 0 spiro atoms. The first kappa shape index (κ1) is 12.6. The number of rotatable bonds is 5. The lowest BCUT2D eigenvalue weighted by Crippen LogP contribution is -2.11. The second kappa shape index (κ2) is 6.15. The monoisotopic (exact) mass is 237 g/mol. The van der Waals surface area contributed by atoms with E-state index in [4.69, 9.17) is 4.42 Å². The van der Waals surface area contributed by atoms with Gasteiger partial charge in [-0.05, 0) is 51.6 Å². The first-order chi connectivity index (χ1) is 8.29. The van der Waals surface area contributed by atoms with Gasteiger partial charge in [0.05, 0.1) is 0 Å². The van der Waals surface area contributed by atoms with Gasteiger partial charge in [-0.2, -0.15) is 0 Å². The topological polar surface area (TPSA) is 51.0 Å². The van der Waals surface area contributed by atoms with Crippen LogP contribution in [0.4, 0.5) is 0 Å². The van der Waals surface area contributed by atoms with Crippen LogP contribution in [0, 0.1) is 5.92 Å². The molecule has 1 saturated carbocycles. The SMILES string of the molecule is CNCCCc1nnc(C2CCC(C)CC2)o1. The molecule has 2 rings (SSSR count). The number of hydrogen-bond acceptors (Lipinski definition) is 4. The van der Waals surface area contributed by atoms with E-state index in [1.54, 1.807) is 0 Å². The minimum Gasteiger partial charge on any atom is -0.425 e. The molecule has 17 heavy (non-hydrogen) atoms. The third-order valence-electron chi connectivity index (χ3n) is 3.66. The Labute approximate surface area is 103 Å². The summed E-state index contributed by atoms with van der Waals surface area (Å²) < 4.78 is 5.75. The highest BCUT2D eigenvalue weighted by Crippen LogP contribution is 2.34. The van der Waals surface area contributed by atoms with Crippen molar-refractivity contribution < 1.29 is 4.42 Å². The minimum atomic E-state index is 0.511. The van der Waals surface area contributed by atoms with E-state index in [-0.39, 0.29) is 0 Å². The molecule has 0 aromatic carbocycles. The largest absolute Gasteiger partial charge is 0.425 e. The van der Waals surface area contributed by atoms with Crippen LogP contribution in [0.5, 0.6) is 0 Å². The van der Waals surface area contributed by atoms with Crippen LogP contribution in [-0.4, -0.2) is 23.8 Å². The Morgan fingerprint density at radius 3 is 2.71 bits per heavy atom. The molecule has 1 aromatic heterocycles. The van der Waals surface area contributed by atoms with Gasteiger partial charge in [-0.3, -0.25) is 0 Å². The highest BCUT2D eigenvalue weighted by atomic mass is 16.4. The molecule has 0 radical (unpaired) electrons. The molecule has 96 valence electrons. The van der Waals surface area contributed by atoms with Gasteiger partial charge < -0.3 is 9.73 Å². The molecule has 1 heterocycles. The third kappa shape index (κ3) is 3.53. The zero-order chi connectivity index (χ0) is 12.1. The Morgan fingerprint density at radius 2 is 2.00 bits per heavy atom. The van der Waals surface area contributed by atoms with E-state index >= 15 is 0 Å². The quantitative estimate of drug-likeness (QED) is 0.799. The van der Waals surface area contributed by atoms with E-state index in [2.05, 4.69) is 22.4 Å². The fraction of sp³-hybridized carbons (Fsp3) is 0.846. The summed E-state index contributed by atoms with van der Waals surface area (Å²) in [4.78, 5) is 0. The summed E-state index contributed by atoms with van der Waals surface area (Å²) in [5.74, 6) is 3.05. The second-order valence-electron chi connectivity index (χ2n) is 5.20. The van der Waals surface area contributed by atoms with Gasteiger partial charge in [-0.25, -0.2) is 0 Å². The summed E-state index contributed by atoms with van der Waals surface area (Å²) in [5.41, 5.74) is 0. The number of nitrogens with one attached hydrogen (secondary N) is 1. The van der Waals surface area contributed by atoms with Crippen LogP contribution in [0.1, 0.15) is 56.7 Å². The maximum atomic E-state index is 5.75. The Hall–Kier alpha value is -0.900. The highest BCUT2D eigenvalue weighted by Gasteiger charge is 2.24. The summed E-state index contributed by atoms with van der Waals surface area (Å²) in [6.07, 6.45) is 6.94. The van der Waals surface area contributed by atoms with E-state index in [0.29, 0.717) is 5.92 Å². The predicted octanol–water partition coefficient (Wildman–Crippen LogP) is 2.52. The van der Waals surface area contributed by atoms with Crippen molar-refractivity contribution in [2.75, 3.05) is 13.6 Å². The number of aryl methyl sites for hydroxylation is 1. The smallest absolute Gasteiger partial charge is 0.219 e. The molecule has 0 bridgehead atoms. The molecule has 1 aliphatic rings. The van der Waals surface area contributed by atoms with Crippen LogP contribution in [0.2, 0.25) is 0 Å². The number of aromatic nitrogens is 2. The summed E-state index contributed by atoms with van der Waals surface area (Å²) in [5, 5.41) is 11.5. The van der Waals surface area contributed by atoms with Gasteiger partial charge in [0.15, 0.2) is 0 Å². The van der Waals surface area contributed by atoms with Crippen molar-refractivity contribution in [3.63, 3.8) is 0 Å². The first-order valence-electron chi connectivity index (χ1n) is 6.76. The first-order valence-corrected chi connectivity index (χ1v) is 6.76. The molecular formula is C13H23N3O. The van der Waals surface area contributed by atoms with E-state index in [1.807, 2.05) is 7.05 Å². The normalized spacial score (nSPS) is 25.1. The van der Waals surface area contributed by atoms with Crippen molar-refractivity contribution in [2.24, 2.45) is 5.92 Å². The van der Waals surface area contributed by atoms with E-state index in [9.17, 15) is 0 Å². The van der Waals surface area contributed by atoms with Crippen molar-refractivity contribution in [1.29, 1.82) is 0 Å². The highest BCUT2D eigenvalue weighted by molar-refractivity contribution is 4.94. The maximum Gasteiger partial charge on any atom is 0.219 e. The minimum absolute atomic E-state index is 0.511. The van der Waals surface area contributed by atoms with Gasteiger partial charge in [0.2, 0.25) is 11.8 Å². The average molecular weight is 237 g/mol. The molecule has 1 N–H and O–H groups in total. The van der Waals surface area contributed by atoms with Crippen molar-refractivity contribution in [1.82, 2.24) is 15.5 Å². The maximum absolute atomic E-state index is 5.75. The van der Waals surface area contributed by atoms with Crippen molar-refractivity contribution in [3.05, 3.63) is 11.8 Å². The Balaban J connectivity index is 1.85. The van der Waals surface area contributed by atoms with Gasteiger partial charge >= 0.3 is 0 Å². The molecule has 1 fully saturated rings. The number of nitrogens with zero attached hydrogens (tertiary/aromatic N) is 2. The summed E-state index contributed by atoms with van der Waals surface area (Å²) in [6, 6.07) is 0. The lowest BCUT2D eigenvalue weighted by atomic mass is 9.83. The molecule has 4 heteroatoms. The number of hydrogen-bond donors (Lipinski definition) is 1. The Kier molecular flexibility index (Phi) is 4.54. The van der Waals surface area contributed by atoms with Crippen molar-refractivity contribution in [3.8, 4) is 0 Å². The molecule has 0 amide bonds. The van der Waals surface area contributed by atoms with Crippen molar-refractivity contribution >= 4 is 0 Å². The molecule has 0 atom stereocenters. The van der Waals surface area contributed by atoms with Crippen LogP contribution >= 0.6 is 0 Å². The molecule has 0 saturated heterocycles. The zero-order valence-corrected chi connectivity index (χ0v) is 10.9. The summed E-state index contributed by atoms with van der Waals surface area (Å²) in [7, 11) is 1.96. The average Bonchev–Trinajstić information content (AvgIpc) is 2.79. The van der Waals surface area contributed by atoms with Crippen LogP contribution in [0.3, 0.4) is 0 Å². The fourth-order valence-corrected chi connectivity index (χ4v) is 2.46. The molecule has 1 aromatic rings. The lowest BCUT2D eigenvalue weighted by Gasteiger charge is -2.23. The van der Waals surface area contributed by atoms with Gasteiger partial charge in [-0.1, -0.05) is 6.92 Å². The Bertz CT molecular complexity index is 329. The molecular weight excluding hydrogens is 214 g/mol. The molecule has 0 unspecified atom stereocenters. The van der Waals surface area contributed by atoms with E-state index in [1.165, 1.54) is 25.7 Å². The van der Waals surface area contributed by atoms with E-state index in [0.717, 1.165) is 37.1 Å². The molecule has 4 nitrogen and oxygen atoms in total. The summed E-state index contributed by atoms with van der Waals surface area (Å²) in [6.45, 7) is 3.33. The van der Waals surface area contributed by atoms with Crippen LogP contribution in [-0.2, 0) is 6.42 Å². The van der Waals surface area contributed by atoms with Gasteiger partial charge in [0.1, 0.15) is 0 Å². The van der Waals surface area contributed by atoms with Crippen LogP contribution in [0.15, 0.2) is 4.42 Å². The molecule has 1 aliphatic carbocycles. The summed E-state index contributed by atoms with van der Waals surface area (Å²) >= 11 is 0. The van der Waals surface area contributed by atoms with Crippen molar-refractivity contribution in [2.45, 2.75) is 51.4 Å². The van der Waals surface area contributed by atoms with E-state index < -0.39 is 0 Å². The zero-order valence-electron chi connectivity index (χ0n) is 10.9. The predicted molar refractivity (Wildman–Crippen MR) is 66.9 cm³/mol. The van der Waals surface area contributed by atoms with Crippen LogP contribution in [0.25, 0.3) is 0 Å². The van der Waals surface area contributed by atoms with Gasteiger partial charge in [-0.15, -0.1) is 10.2 Å². The fourth-order valence-electron chi connectivity index (χ4n) is 2.46. The standard InChI is InChI=1S/C13H23N3O/c1-10-5-7-11(8-6-10)13-16-15-12(17-13)4-3-9-14-2/h10-11,14H,3-9H2,1-2H3. The Morgan fingerprint density at radius 1 is 1.24 bits per heavy atom. The van der Waals surface area contributed by atoms with Gasteiger partial charge in [0, 0.05) is 12.3 Å². The van der Waals surface area contributed by atoms with Gasteiger partial charge in [0.25, 0.3) is 0 Å².